The van der Waals surface area contributed by atoms with E-state index in [0.717, 1.165) is 51.4 Å². The maximum absolute atomic E-state index is 5.94. The lowest BCUT2D eigenvalue weighted by Gasteiger charge is -2.31. The molecule has 0 bridgehead atoms. The zero-order valence-electron chi connectivity index (χ0n) is 10.9. The normalized spacial score (nSPS) is 17.6. The van der Waals surface area contributed by atoms with E-state index in [4.69, 9.17) is 33.7 Å². The van der Waals surface area contributed by atoms with E-state index in [-0.39, 0.29) is 0 Å². The third kappa shape index (κ3) is 4.84. The maximum atomic E-state index is 5.94. The van der Waals surface area contributed by atoms with E-state index >= 15 is 0 Å². The van der Waals surface area contributed by atoms with Gasteiger partial charge in [-0.15, -0.1) is 0 Å². The molecule has 1 aromatic carbocycles. The Morgan fingerprint density at radius 3 is 2.37 bits per heavy atom. The van der Waals surface area contributed by atoms with Crippen molar-refractivity contribution in [1.29, 1.82) is 0 Å². The minimum atomic E-state index is 0.604. The summed E-state index contributed by atoms with van der Waals surface area (Å²) in [6.07, 6.45) is 2.32. The smallest absolute Gasteiger partial charge is 0.122 e. The van der Waals surface area contributed by atoms with Crippen LogP contribution in [0, 0.1) is 5.92 Å². The average molecular weight is 303 g/mol. The van der Waals surface area contributed by atoms with Crippen molar-refractivity contribution in [2.45, 2.75) is 12.8 Å². The van der Waals surface area contributed by atoms with Crippen molar-refractivity contribution < 1.29 is 4.74 Å². The number of benzene rings is 1. The molecule has 3 nitrogen and oxygen atoms in total. The highest BCUT2D eigenvalue weighted by molar-refractivity contribution is 6.34. The van der Waals surface area contributed by atoms with Gasteiger partial charge in [0.05, 0.1) is 6.61 Å². The van der Waals surface area contributed by atoms with E-state index in [1.165, 1.54) is 0 Å². The minimum absolute atomic E-state index is 0.604. The molecule has 19 heavy (non-hydrogen) atoms. The monoisotopic (exact) mass is 302 g/mol. The molecular weight excluding hydrogens is 283 g/mol. The van der Waals surface area contributed by atoms with Crippen LogP contribution in [0.15, 0.2) is 18.2 Å². The van der Waals surface area contributed by atoms with Crippen molar-refractivity contribution in [3.63, 3.8) is 0 Å². The molecule has 5 heteroatoms. The molecule has 0 saturated carbocycles. The number of hydrogen-bond acceptors (Lipinski definition) is 3. The Morgan fingerprint density at radius 1 is 1.16 bits per heavy atom. The van der Waals surface area contributed by atoms with Gasteiger partial charge in [-0.05, 0) is 50.0 Å². The minimum Gasteiger partial charge on any atom is -0.493 e. The van der Waals surface area contributed by atoms with E-state index in [9.17, 15) is 0 Å². The number of halogens is 2. The maximum Gasteiger partial charge on any atom is 0.122 e. The Bertz CT molecular complexity index is 386. The molecule has 1 saturated heterocycles. The lowest BCUT2D eigenvalue weighted by atomic mass is 9.98. The summed E-state index contributed by atoms with van der Waals surface area (Å²) in [5, 5.41) is 1.22. The highest BCUT2D eigenvalue weighted by Crippen LogP contribution is 2.25. The summed E-state index contributed by atoms with van der Waals surface area (Å²) in [4.78, 5) is 2.41. The van der Waals surface area contributed by atoms with E-state index in [2.05, 4.69) is 4.90 Å². The van der Waals surface area contributed by atoms with E-state index in [1.54, 1.807) is 18.2 Å². The van der Waals surface area contributed by atoms with Crippen LogP contribution in [0.2, 0.25) is 10.0 Å². The van der Waals surface area contributed by atoms with Crippen LogP contribution in [0.1, 0.15) is 12.8 Å². The Hall–Kier alpha value is -0.480. The largest absolute Gasteiger partial charge is 0.493 e. The van der Waals surface area contributed by atoms with E-state index in [0.29, 0.717) is 16.0 Å². The lowest BCUT2D eigenvalue weighted by molar-refractivity contribution is 0.144. The van der Waals surface area contributed by atoms with Crippen LogP contribution in [0.5, 0.6) is 5.75 Å². The predicted molar refractivity (Wildman–Crippen MR) is 80.2 cm³/mol. The lowest BCUT2D eigenvalue weighted by Crippen LogP contribution is -2.38. The molecule has 0 radical (unpaired) electrons. The topological polar surface area (TPSA) is 38.5 Å². The first kappa shape index (κ1) is 14.9. The third-order valence-electron chi connectivity index (χ3n) is 3.47. The highest BCUT2D eigenvalue weighted by Gasteiger charge is 2.19. The Balaban J connectivity index is 1.77. The zero-order chi connectivity index (χ0) is 13.7. The summed E-state index contributed by atoms with van der Waals surface area (Å²) < 4.78 is 5.79. The van der Waals surface area contributed by atoms with Gasteiger partial charge in [0.15, 0.2) is 0 Å². The van der Waals surface area contributed by atoms with Gasteiger partial charge in [-0.2, -0.15) is 0 Å². The van der Waals surface area contributed by atoms with Gasteiger partial charge in [0, 0.05) is 23.1 Å². The van der Waals surface area contributed by atoms with Gasteiger partial charge >= 0.3 is 0 Å². The molecule has 0 atom stereocenters. The van der Waals surface area contributed by atoms with E-state index < -0.39 is 0 Å². The van der Waals surface area contributed by atoms with Crippen molar-refractivity contribution in [2.75, 3.05) is 32.8 Å². The van der Waals surface area contributed by atoms with Gasteiger partial charge < -0.3 is 15.4 Å². The summed E-state index contributed by atoms with van der Waals surface area (Å²) in [5.74, 6) is 1.36. The Morgan fingerprint density at radius 2 is 1.79 bits per heavy atom. The van der Waals surface area contributed by atoms with Crippen LogP contribution in [0.3, 0.4) is 0 Å². The van der Waals surface area contributed by atoms with Crippen molar-refractivity contribution in [2.24, 2.45) is 11.7 Å². The fraction of sp³-hybridized carbons (Fsp3) is 0.571. The summed E-state index contributed by atoms with van der Waals surface area (Å²) in [6, 6.07) is 5.31. The number of hydrogen-bond donors (Lipinski definition) is 1. The molecule has 0 aliphatic carbocycles. The predicted octanol–water partition coefficient (Wildman–Crippen LogP) is 3.04. The molecule has 2 N–H and O–H groups in total. The molecule has 2 rings (SSSR count). The molecule has 0 unspecified atom stereocenters. The molecule has 0 amide bonds. The molecule has 106 valence electrons. The number of piperidine rings is 1. The van der Waals surface area contributed by atoms with Crippen molar-refractivity contribution >= 4 is 23.2 Å². The van der Waals surface area contributed by atoms with Crippen LogP contribution >= 0.6 is 23.2 Å². The second-order valence-electron chi connectivity index (χ2n) is 4.99. The molecule has 0 aromatic heterocycles. The second kappa shape index (κ2) is 7.34. The number of nitrogens with zero attached hydrogens (tertiary/aromatic N) is 1. The molecule has 1 aliphatic rings. The molecule has 0 spiro atoms. The second-order valence-corrected chi connectivity index (χ2v) is 5.86. The third-order valence-corrected chi connectivity index (χ3v) is 3.91. The number of ether oxygens (including phenoxy) is 1. The van der Waals surface area contributed by atoms with Gasteiger partial charge in [-0.25, -0.2) is 0 Å². The molecule has 1 aromatic rings. The first-order valence-corrected chi connectivity index (χ1v) is 7.44. The van der Waals surface area contributed by atoms with Gasteiger partial charge in [-0.1, -0.05) is 23.2 Å². The quantitative estimate of drug-likeness (QED) is 0.908. The molecular formula is C14H20Cl2N2O. The standard InChI is InChI=1S/C14H20Cl2N2O/c15-12-7-13(16)9-14(8-12)19-10-11-1-4-18(5-2-11)6-3-17/h7-9,11H,1-6,10,17H2. The highest BCUT2D eigenvalue weighted by atomic mass is 35.5. The van der Waals surface area contributed by atoms with Crippen molar-refractivity contribution in [3.05, 3.63) is 28.2 Å². The molecule has 1 heterocycles. The average Bonchev–Trinajstić information content (AvgIpc) is 2.37. The summed E-state index contributed by atoms with van der Waals surface area (Å²) in [5.41, 5.74) is 5.57. The number of likely N-dealkylation sites (tertiary alicyclic amines) is 1. The van der Waals surface area contributed by atoms with Crippen LogP contribution in [0.25, 0.3) is 0 Å². The van der Waals surface area contributed by atoms with Crippen LogP contribution in [-0.4, -0.2) is 37.7 Å². The summed E-state index contributed by atoms with van der Waals surface area (Å²) in [6.45, 7) is 4.69. The van der Waals surface area contributed by atoms with Gasteiger partial charge in [0.1, 0.15) is 5.75 Å². The molecule has 1 aliphatic heterocycles. The van der Waals surface area contributed by atoms with Crippen molar-refractivity contribution in [3.8, 4) is 5.75 Å². The summed E-state index contributed by atoms with van der Waals surface area (Å²) in [7, 11) is 0. The molecule has 1 fully saturated rings. The number of rotatable bonds is 5. The van der Waals surface area contributed by atoms with Crippen LogP contribution in [-0.2, 0) is 0 Å². The fourth-order valence-electron chi connectivity index (χ4n) is 2.39. The number of nitrogens with two attached hydrogens (primary N) is 1. The first-order valence-electron chi connectivity index (χ1n) is 6.68. The van der Waals surface area contributed by atoms with Crippen LogP contribution < -0.4 is 10.5 Å². The first-order chi connectivity index (χ1) is 9.17. The van der Waals surface area contributed by atoms with Crippen molar-refractivity contribution in [1.82, 2.24) is 4.90 Å². The zero-order valence-corrected chi connectivity index (χ0v) is 12.5. The SMILES string of the molecule is NCCN1CCC(COc2cc(Cl)cc(Cl)c2)CC1. The van der Waals surface area contributed by atoms with Crippen LogP contribution in [0.4, 0.5) is 0 Å². The van der Waals surface area contributed by atoms with Gasteiger partial charge in [-0.3, -0.25) is 0 Å². The van der Waals surface area contributed by atoms with Gasteiger partial charge in [0.25, 0.3) is 0 Å². The van der Waals surface area contributed by atoms with E-state index in [1.807, 2.05) is 0 Å². The summed E-state index contributed by atoms with van der Waals surface area (Å²) >= 11 is 11.9. The Labute approximate surface area is 124 Å². The van der Waals surface area contributed by atoms with Gasteiger partial charge in [0.2, 0.25) is 0 Å². The Kier molecular flexibility index (Phi) is 5.76. The fourth-order valence-corrected chi connectivity index (χ4v) is 2.89.